The number of hydrogen-bond acceptors (Lipinski definition) is 0. The molecule has 1 saturated carbocycles. The van der Waals surface area contributed by atoms with Crippen LogP contribution < -0.4 is 0 Å². The normalized spacial score (nSPS) is 25.5. The van der Waals surface area contributed by atoms with E-state index in [4.69, 9.17) is 0 Å². The van der Waals surface area contributed by atoms with Crippen LogP contribution in [0.3, 0.4) is 0 Å². The molecule has 0 radical (unpaired) electrons. The largest absolute Gasteiger partial charge is 0.0805 e. The van der Waals surface area contributed by atoms with Gasteiger partial charge in [-0.15, -0.1) is 0 Å². The Morgan fingerprint density at radius 2 is 1.75 bits per heavy atom. The molecule has 0 bridgehead atoms. The smallest absolute Gasteiger partial charge is 0.0130 e. The molecule has 0 aromatic rings. The van der Waals surface area contributed by atoms with Gasteiger partial charge in [0, 0.05) is 0 Å². The van der Waals surface area contributed by atoms with Crippen molar-refractivity contribution in [3.8, 4) is 0 Å². The molecule has 12 heavy (non-hydrogen) atoms. The van der Waals surface area contributed by atoms with E-state index in [9.17, 15) is 0 Å². The van der Waals surface area contributed by atoms with Gasteiger partial charge >= 0.3 is 0 Å². The van der Waals surface area contributed by atoms with Crippen molar-refractivity contribution >= 4 is 0 Å². The highest BCUT2D eigenvalue weighted by molar-refractivity contribution is 5.25. The Labute approximate surface area is 75.4 Å². The first-order valence-electron chi connectivity index (χ1n) is 5.32. The van der Waals surface area contributed by atoms with E-state index in [1.165, 1.54) is 44.9 Å². The third kappa shape index (κ3) is 1.80. The zero-order valence-corrected chi connectivity index (χ0v) is 7.76. The lowest BCUT2D eigenvalue weighted by atomic mass is 9.91. The average Bonchev–Trinajstić information content (AvgIpc) is 2.48. The lowest BCUT2D eigenvalue weighted by Gasteiger charge is -2.14. The third-order valence-corrected chi connectivity index (χ3v) is 3.18. The summed E-state index contributed by atoms with van der Waals surface area (Å²) >= 11 is 0. The molecular formula is C12H18. The molecule has 0 aromatic heterocycles. The highest BCUT2D eigenvalue weighted by atomic mass is 14.2. The Balaban J connectivity index is 1.93. The molecule has 0 aromatic carbocycles. The van der Waals surface area contributed by atoms with Gasteiger partial charge < -0.3 is 0 Å². The van der Waals surface area contributed by atoms with Crippen molar-refractivity contribution in [1.29, 1.82) is 0 Å². The summed E-state index contributed by atoms with van der Waals surface area (Å²) in [6.45, 7) is 0. The van der Waals surface area contributed by atoms with Crippen LogP contribution in [0.5, 0.6) is 0 Å². The van der Waals surface area contributed by atoms with E-state index < -0.39 is 0 Å². The summed E-state index contributed by atoms with van der Waals surface area (Å²) in [5.74, 6) is 0.933. The number of allylic oxidation sites excluding steroid dienone is 4. The second-order valence-electron chi connectivity index (χ2n) is 4.06. The van der Waals surface area contributed by atoms with E-state index in [-0.39, 0.29) is 0 Å². The monoisotopic (exact) mass is 162 g/mol. The first-order chi connectivity index (χ1) is 5.97. The van der Waals surface area contributed by atoms with Crippen molar-refractivity contribution in [1.82, 2.24) is 0 Å². The summed E-state index contributed by atoms with van der Waals surface area (Å²) in [4.78, 5) is 0. The highest BCUT2D eigenvalue weighted by Crippen LogP contribution is 2.32. The van der Waals surface area contributed by atoms with Crippen LogP contribution in [0, 0.1) is 5.92 Å². The molecular weight excluding hydrogens is 144 g/mol. The zero-order valence-electron chi connectivity index (χ0n) is 7.76. The standard InChI is InChI=1S/C12H18/c1-2-4-8-11(7-3-1)12-9-5-6-10-12/h5-6,9,11H,1-4,7-8,10H2. The van der Waals surface area contributed by atoms with Gasteiger partial charge in [-0.1, -0.05) is 49.5 Å². The molecule has 0 nitrogen and oxygen atoms in total. The molecule has 0 atom stereocenters. The van der Waals surface area contributed by atoms with Crippen molar-refractivity contribution in [3.05, 3.63) is 23.8 Å². The Bertz CT molecular complexity index is 190. The van der Waals surface area contributed by atoms with Gasteiger partial charge in [0.2, 0.25) is 0 Å². The minimum atomic E-state index is 0.933. The van der Waals surface area contributed by atoms with Gasteiger partial charge in [0.15, 0.2) is 0 Å². The Kier molecular flexibility index (Phi) is 2.65. The Morgan fingerprint density at radius 1 is 1.00 bits per heavy atom. The summed E-state index contributed by atoms with van der Waals surface area (Å²) in [6, 6.07) is 0. The SMILES string of the molecule is C1=CCC(C2CCCCCC2)=C1. The second-order valence-corrected chi connectivity index (χ2v) is 4.06. The van der Waals surface area contributed by atoms with Crippen molar-refractivity contribution in [2.24, 2.45) is 5.92 Å². The predicted octanol–water partition coefficient (Wildman–Crippen LogP) is 3.84. The Hall–Kier alpha value is -0.520. The lowest BCUT2D eigenvalue weighted by Crippen LogP contribution is -2.00. The first-order valence-corrected chi connectivity index (χ1v) is 5.32. The van der Waals surface area contributed by atoms with E-state index in [2.05, 4.69) is 18.2 Å². The van der Waals surface area contributed by atoms with E-state index in [1.807, 2.05) is 0 Å². The molecule has 2 aliphatic rings. The Morgan fingerprint density at radius 3 is 2.33 bits per heavy atom. The molecule has 1 fully saturated rings. The van der Waals surface area contributed by atoms with Crippen molar-refractivity contribution in [3.63, 3.8) is 0 Å². The summed E-state index contributed by atoms with van der Waals surface area (Å²) in [7, 11) is 0. The molecule has 0 N–H and O–H groups in total. The van der Waals surface area contributed by atoms with Crippen LogP contribution in [0.25, 0.3) is 0 Å². The van der Waals surface area contributed by atoms with Crippen LogP contribution >= 0.6 is 0 Å². The fourth-order valence-corrected chi connectivity index (χ4v) is 2.42. The van der Waals surface area contributed by atoms with Crippen molar-refractivity contribution in [2.75, 3.05) is 0 Å². The molecule has 0 spiro atoms. The van der Waals surface area contributed by atoms with Crippen LogP contribution in [0.2, 0.25) is 0 Å². The van der Waals surface area contributed by atoms with Crippen molar-refractivity contribution < 1.29 is 0 Å². The fourth-order valence-electron chi connectivity index (χ4n) is 2.42. The molecule has 2 aliphatic carbocycles. The van der Waals surface area contributed by atoms with Gasteiger partial charge in [0.05, 0.1) is 0 Å². The predicted molar refractivity (Wildman–Crippen MR) is 53.0 cm³/mol. The van der Waals surface area contributed by atoms with Crippen LogP contribution in [0.4, 0.5) is 0 Å². The topological polar surface area (TPSA) is 0 Å². The molecule has 0 heteroatoms. The van der Waals surface area contributed by atoms with Gasteiger partial charge in [-0.2, -0.15) is 0 Å². The molecule has 2 rings (SSSR count). The number of hydrogen-bond donors (Lipinski definition) is 0. The van der Waals surface area contributed by atoms with E-state index in [1.54, 1.807) is 5.57 Å². The molecule has 0 saturated heterocycles. The zero-order chi connectivity index (χ0) is 8.23. The van der Waals surface area contributed by atoms with E-state index in [0.29, 0.717) is 0 Å². The van der Waals surface area contributed by atoms with Crippen LogP contribution in [-0.2, 0) is 0 Å². The molecule has 66 valence electrons. The minimum absolute atomic E-state index is 0.933. The molecule has 0 amide bonds. The van der Waals surface area contributed by atoms with Gasteiger partial charge in [0.1, 0.15) is 0 Å². The maximum atomic E-state index is 2.34. The molecule has 0 heterocycles. The van der Waals surface area contributed by atoms with Crippen molar-refractivity contribution in [2.45, 2.75) is 44.9 Å². The summed E-state index contributed by atoms with van der Waals surface area (Å²) < 4.78 is 0. The van der Waals surface area contributed by atoms with Gasteiger partial charge in [-0.05, 0) is 25.2 Å². The fraction of sp³-hybridized carbons (Fsp3) is 0.667. The van der Waals surface area contributed by atoms with Gasteiger partial charge in [0.25, 0.3) is 0 Å². The van der Waals surface area contributed by atoms with Gasteiger partial charge in [-0.3, -0.25) is 0 Å². The van der Waals surface area contributed by atoms with E-state index in [0.717, 1.165) is 5.92 Å². The highest BCUT2D eigenvalue weighted by Gasteiger charge is 2.16. The van der Waals surface area contributed by atoms with Crippen LogP contribution in [0.15, 0.2) is 23.8 Å². The summed E-state index contributed by atoms with van der Waals surface area (Å²) in [6.07, 6.45) is 16.9. The maximum Gasteiger partial charge on any atom is -0.0130 e. The van der Waals surface area contributed by atoms with Gasteiger partial charge in [-0.25, -0.2) is 0 Å². The molecule has 0 aliphatic heterocycles. The summed E-state index contributed by atoms with van der Waals surface area (Å²) in [5, 5.41) is 0. The van der Waals surface area contributed by atoms with E-state index >= 15 is 0 Å². The average molecular weight is 162 g/mol. The summed E-state index contributed by atoms with van der Waals surface area (Å²) in [5.41, 5.74) is 1.71. The van der Waals surface area contributed by atoms with Crippen LogP contribution in [-0.4, -0.2) is 0 Å². The maximum absolute atomic E-state index is 2.34. The minimum Gasteiger partial charge on any atom is -0.0805 e. The third-order valence-electron chi connectivity index (χ3n) is 3.18. The quantitative estimate of drug-likeness (QED) is 0.514. The molecule has 0 unspecified atom stereocenters. The second kappa shape index (κ2) is 3.93. The lowest BCUT2D eigenvalue weighted by molar-refractivity contribution is 0.524. The number of rotatable bonds is 1. The van der Waals surface area contributed by atoms with Crippen LogP contribution in [0.1, 0.15) is 44.9 Å². The first kappa shape index (κ1) is 8.10.